The topological polar surface area (TPSA) is 57.5 Å². The van der Waals surface area contributed by atoms with Gasteiger partial charge in [0.05, 0.1) is 12.3 Å². The fourth-order valence-electron chi connectivity index (χ4n) is 3.32. The Kier molecular flexibility index (Phi) is 6.41. The van der Waals surface area contributed by atoms with Crippen molar-refractivity contribution in [3.05, 3.63) is 54.0 Å². The second kappa shape index (κ2) is 8.96. The summed E-state index contributed by atoms with van der Waals surface area (Å²) in [6.07, 6.45) is 5.48. The zero-order valence-corrected chi connectivity index (χ0v) is 15.8. The highest BCUT2D eigenvalue weighted by Crippen LogP contribution is 2.24. The molecule has 0 saturated carbocycles. The summed E-state index contributed by atoms with van der Waals surface area (Å²) in [5, 5.41) is 6.15. The van der Waals surface area contributed by atoms with Gasteiger partial charge in [-0.15, -0.1) is 0 Å². The molecular formula is C20H25N3O2S. The van der Waals surface area contributed by atoms with Crippen LogP contribution in [0.3, 0.4) is 0 Å². The number of thiocarbonyl (C=S) groups is 1. The van der Waals surface area contributed by atoms with Crippen LogP contribution >= 0.6 is 12.2 Å². The number of anilines is 1. The normalized spacial score (nSPS) is 16.0. The molecule has 0 spiro atoms. The lowest BCUT2D eigenvalue weighted by atomic mass is 10.1. The number of nitrogens with zero attached hydrogens (tertiary/aromatic N) is 1. The number of hydrogen-bond acceptors (Lipinski definition) is 4. The molecule has 1 fully saturated rings. The van der Waals surface area contributed by atoms with E-state index in [-0.39, 0.29) is 11.9 Å². The number of carbonyl (C=O) groups excluding carboxylic acids is 1. The maximum Gasteiger partial charge on any atom is 0.221 e. The Labute approximate surface area is 159 Å². The van der Waals surface area contributed by atoms with E-state index in [0.29, 0.717) is 11.5 Å². The van der Waals surface area contributed by atoms with Crippen molar-refractivity contribution in [3.63, 3.8) is 0 Å². The van der Waals surface area contributed by atoms with E-state index in [4.69, 9.17) is 16.6 Å². The van der Waals surface area contributed by atoms with E-state index in [1.54, 1.807) is 6.26 Å². The van der Waals surface area contributed by atoms with Crippen LogP contribution in [0, 0.1) is 0 Å². The molecular weight excluding hydrogens is 346 g/mol. The maximum absolute atomic E-state index is 11.1. The third kappa shape index (κ3) is 4.93. The number of hydrogen-bond donors (Lipinski definition) is 2. The van der Waals surface area contributed by atoms with Gasteiger partial charge in [0, 0.05) is 24.7 Å². The first-order chi connectivity index (χ1) is 12.6. The van der Waals surface area contributed by atoms with Gasteiger partial charge in [-0.05, 0) is 62.3 Å². The highest BCUT2D eigenvalue weighted by atomic mass is 32.1. The molecule has 1 aliphatic heterocycles. The fraction of sp³-hybridized carbons (Fsp3) is 0.400. The van der Waals surface area contributed by atoms with E-state index >= 15 is 0 Å². The van der Waals surface area contributed by atoms with Crippen LogP contribution in [-0.4, -0.2) is 35.4 Å². The number of benzene rings is 1. The summed E-state index contributed by atoms with van der Waals surface area (Å²) in [6, 6.07) is 11.7. The molecule has 0 aliphatic carbocycles. The Morgan fingerprint density at radius 1 is 1.19 bits per heavy atom. The van der Waals surface area contributed by atoms with Crippen molar-refractivity contribution < 1.29 is 9.21 Å². The summed E-state index contributed by atoms with van der Waals surface area (Å²) in [4.78, 5) is 14.3. The summed E-state index contributed by atoms with van der Waals surface area (Å²) in [5.74, 6) is 0.893. The van der Waals surface area contributed by atoms with Crippen molar-refractivity contribution in [1.29, 1.82) is 0 Å². The lowest BCUT2D eigenvalue weighted by Crippen LogP contribution is -2.40. The van der Waals surface area contributed by atoms with Crippen LogP contribution in [0.15, 0.2) is 47.1 Å². The van der Waals surface area contributed by atoms with Crippen molar-refractivity contribution in [2.75, 3.05) is 25.0 Å². The number of piperidine rings is 1. The van der Waals surface area contributed by atoms with Gasteiger partial charge in [-0.1, -0.05) is 18.6 Å². The lowest BCUT2D eigenvalue weighted by Gasteiger charge is -2.33. The molecule has 1 atom stereocenters. The summed E-state index contributed by atoms with van der Waals surface area (Å²) >= 11 is 5.55. The molecule has 1 amide bonds. The Morgan fingerprint density at radius 3 is 2.54 bits per heavy atom. The minimum atomic E-state index is -0.0822. The standard InChI is InChI=1S/C20H25N3O2S/c1-15(24)22-17-9-7-16(8-10-17)20(26)21-14-18(19-6-5-13-25-19)23-11-3-2-4-12-23/h5-10,13,18H,2-4,11-12,14H2,1H3,(H,21,26)(H,22,24)/t18-/m0/s1. The first-order valence-electron chi connectivity index (χ1n) is 9.07. The van der Waals surface area contributed by atoms with Gasteiger partial charge in [0.15, 0.2) is 0 Å². The minimum absolute atomic E-state index is 0.0822. The van der Waals surface area contributed by atoms with Crippen molar-refractivity contribution in [3.8, 4) is 0 Å². The Balaban J connectivity index is 1.62. The molecule has 0 unspecified atom stereocenters. The first kappa shape index (κ1) is 18.6. The minimum Gasteiger partial charge on any atom is -0.468 e. The average molecular weight is 372 g/mol. The molecule has 3 rings (SSSR count). The largest absolute Gasteiger partial charge is 0.468 e. The summed E-state index contributed by atoms with van der Waals surface area (Å²) in [6.45, 7) is 4.38. The van der Waals surface area contributed by atoms with Crippen molar-refractivity contribution in [1.82, 2.24) is 10.2 Å². The van der Waals surface area contributed by atoms with Gasteiger partial charge in [0.1, 0.15) is 10.7 Å². The van der Waals surface area contributed by atoms with Crippen LogP contribution in [0.4, 0.5) is 5.69 Å². The Morgan fingerprint density at radius 2 is 1.92 bits per heavy atom. The smallest absolute Gasteiger partial charge is 0.221 e. The van der Waals surface area contributed by atoms with Crippen molar-refractivity contribution in [2.24, 2.45) is 0 Å². The number of amides is 1. The molecule has 5 nitrogen and oxygen atoms in total. The molecule has 2 aromatic rings. The lowest BCUT2D eigenvalue weighted by molar-refractivity contribution is -0.114. The zero-order valence-electron chi connectivity index (χ0n) is 15.0. The van der Waals surface area contributed by atoms with Gasteiger partial charge < -0.3 is 15.1 Å². The molecule has 26 heavy (non-hydrogen) atoms. The van der Waals surface area contributed by atoms with E-state index in [1.165, 1.54) is 26.2 Å². The van der Waals surface area contributed by atoms with Gasteiger partial charge in [0.2, 0.25) is 5.91 Å². The number of furan rings is 1. The summed E-state index contributed by atoms with van der Waals surface area (Å²) < 4.78 is 5.67. The predicted octanol–water partition coefficient (Wildman–Crippen LogP) is 3.73. The van der Waals surface area contributed by atoms with Gasteiger partial charge in [-0.25, -0.2) is 0 Å². The SMILES string of the molecule is CC(=O)Nc1ccc(C(=S)NC[C@@H](c2ccco2)N2CCCCC2)cc1. The molecule has 138 valence electrons. The quantitative estimate of drug-likeness (QED) is 0.758. The van der Waals surface area contributed by atoms with Gasteiger partial charge >= 0.3 is 0 Å². The van der Waals surface area contributed by atoms with E-state index in [0.717, 1.165) is 30.1 Å². The highest BCUT2D eigenvalue weighted by molar-refractivity contribution is 7.80. The number of rotatable bonds is 6. The van der Waals surface area contributed by atoms with Crippen LogP contribution in [-0.2, 0) is 4.79 Å². The molecule has 1 saturated heterocycles. The predicted molar refractivity (Wildman–Crippen MR) is 107 cm³/mol. The molecule has 0 radical (unpaired) electrons. The summed E-state index contributed by atoms with van der Waals surface area (Å²) in [5.41, 5.74) is 1.71. The van der Waals surface area contributed by atoms with Crippen molar-refractivity contribution >= 4 is 28.8 Å². The molecule has 1 aromatic heterocycles. The number of nitrogens with one attached hydrogen (secondary N) is 2. The molecule has 2 N–H and O–H groups in total. The zero-order chi connectivity index (χ0) is 18.4. The summed E-state index contributed by atoms with van der Waals surface area (Å²) in [7, 11) is 0. The van der Waals surface area contributed by atoms with Crippen LogP contribution in [0.1, 0.15) is 43.6 Å². The number of carbonyl (C=O) groups is 1. The van der Waals surface area contributed by atoms with E-state index in [1.807, 2.05) is 36.4 Å². The molecule has 6 heteroatoms. The third-order valence-electron chi connectivity index (χ3n) is 4.63. The van der Waals surface area contributed by atoms with Gasteiger partial charge in [-0.2, -0.15) is 0 Å². The third-order valence-corrected chi connectivity index (χ3v) is 5.01. The molecule has 1 aromatic carbocycles. The number of likely N-dealkylation sites (tertiary alicyclic amines) is 1. The van der Waals surface area contributed by atoms with Gasteiger partial charge in [-0.3, -0.25) is 9.69 Å². The van der Waals surface area contributed by atoms with E-state index < -0.39 is 0 Å². The maximum atomic E-state index is 11.1. The first-order valence-corrected chi connectivity index (χ1v) is 9.47. The van der Waals surface area contributed by atoms with Gasteiger partial charge in [0.25, 0.3) is 0 Å². The average Bonchev–Trinajstić information content (AvgIpc) is 3.17. The molecule has 1 aliphatic rings. The van der Waals surface area contributed by atoms with Crippen LogP contribution in [0.5, 0.6) is 0 Å². The monoisotopic (exact) mass is 371 g/mol. The Bertz CT molecular complexity index is 722. The second-order valence-electron chi connectivity index (χ2n) is 6.60. The van der Waals surface area contributed by atoms with Crippen LogP contribution < -0.4 is 10.6 Å². The van der Waals surface area contributed by atoms with Crippen molar-refractivity contribution in [2.45, 2.75) is 32.2 Å². The Hall–Kier alpha value is -2.18. The highest BCUT2D eigenvalue weighted by Gasteiger charge is 2.24. The molecule has 0 bridgehead atoms. The molecule has 2 heterocycles. The second-order valence-corrected chi connectivity index (χ2v) is 7.00. The van der Waals surface area contributed by atoms with Crippen LogP contribution in [0.25, 0.3) is 0 Å². The van der Waals surface area contributed by atoms with E-state index in [9.17, 15) is 4.79 Å². The fourth-order valence-corrected chi connectivity index (χ4v) is 3.54. The van der Waals surface area contributed by atoms with Crippen LogP contribution in [0.2, 0.25) is 0 Å². The van der Waals surface area contributed by atoms with E-state index in [2.05, 4.69) is 15.5 Å².